The van der Waals surface area contributed by atoms with Crippen molar-refractivity contribution >= 4 is 27.1 Å². The first kappa shape index (κ1) is 18.7. The number of hydrogen-bond acceptors (Lipinski definition) is 5. The summed E-state index contributed by atoms with van der Waals surface area (Å²) in [5.74, 6) is -0.519. The Balaban J connectivity index is 2.09. The van der Waals surface area contributed by atoms with Crippen LogP contribution >= 0.6 is 0 Å². The Bertz CT molecular complexity index is 869. The number of ether oxygens (including phenoxy) is 1. The summed E-state index contributed by atoms with van der Waals surface area (Å²) in [6.07, 6.45) is 0.978. The molecule has 0 aliphatic heterocycles. The molecule has 0 saturated carbocycles. The molecule has 2 aromatic rings. The van der Waals surface area contributed by atoms with Crippen LogP contribution in [0.2, 0.25) is 0 Å². The van der Waals surface area contributed by atoms with Crippen LogP contribution in [0.1, 0.15) is 6.92 Å². The van der Waals surface area contributed by atoms with Gasteiger partial charge in [-0.15, -0.1) is 0 Å². The lowest BCUT2D eigenvalue weighted by atomic mass is 10.3. The Morgan fingerprint density at radius 1 is 1.16 bits per heavy atom. The second-order valence-corrected chi connectivity index (χ2v) is 7.23. The number of carbonyl (C=O) groups excluding carboxylic acids is 1. The van der Waals surface area contributed by atoms with Crippen LogP contribution < -0.4 is 15.4 Å². The van der Waals surface area contributed by atoms with E-state index in [1.165, 1.54) is 6.07 Å². The minimum absolute atomic E-state index is 0.164. The second-order valence-electron chi connectivity index (χ2n) is 5.24. The summed E-state index contributed by atoms with van der Waals surface area (Å²) in [5, 5.41) is 5.41. The fourth-order valence-electron chi connectivity index (χ4n) is 2.17. The molecule has 0 heterocycles. The standard InChI is InChI=1S/C17H19FN2O4S/c1-3-24-15-7-5-4-6-13(15)20-17(21)11-19-14-9-8-12(18)10-16(14)25(2,22)23/h4-10,19H,3,11H2,1-2H3,(H,20,21). The molecule has 2 aromatic carbocycles. The number of nitrogens with one attached hydrogen (secondary N) is 2. The van der Waals surface area contributed by atoms with E-state index in [4.69, 9.17) is 4.74 Å². The van der Waals surface area contributed by atoms with E-state index in [-0.39, 0.29) is 17.1 Å². The van der Waals surface area contributed by atoms with Crippen LogP contribution in [-0.2, 0) is 14.6 Å². The molecule has 0 aromatic heterocycles. The number of anilines is 2. The van der Waals surface area contributed by atoms with Gasteiger partial charge in [0.05, 0.1) is 29.4 Å². The van der Waals surface area contributed by atoms with Gasteiger partial charge < -0.3 is 15.4 Å². The molecule has 0 radical (unpaired) electrons. The number of amides is 1. The highest BCUT2D eigenvalue weighted by molar-refractivity contribution is 7.90. The van der Waals surface area contributed by atoms with Crippen molar-refractivity contribution < 1.29 is 22.3 Å². The van der Waals surface area contributed by atoms with E-state index in [2.05, 4.69) is 10.6 Å². The summed E-state index contributed by atoms with van der Waals surface area (Å²) >= 11 is 0. The lowest BCUT2D eigenvalue weighted by Gasteiger charge is -2.13. The lowest BCUT2D eigenvalue weighted by molar-refractivity contribution is -0.114. The van der Waals surface area contributed by atoms with E-state index in [0.29, 0.717) is 18.0 Å². The highest BCUT2D eigenvalue weighted by Gasteiger charge is 2.15. The zero-order valence-corrected chi connectivity index (χ0v) is 14.7. The normalized spacial score (nSPS) is 11.0. The van der Waals surface area contributed by atoms with Gasteiger partial charge in [-0.25, -0.2) is 12.8 Å². The summed E-state index contributed by atoms with van der Waals surface area (Å²) in [6, 6.07) is 10.3. The highest BCUT2D eigenvalue weighted by Crippen LogP contribution is 2.24. The summed E-state index contributed by atoms with van der Waals surface area (Å²) in [6.45, 7) is 2.11. The zero-order chi connectivity index (χ0) is 18.4. The summed E-state index contributed by atoms with van der Waals surface area (Å²) in [5.41, 5.74) is 0.677. The molecular formula is C17H19FN2O4S. The van der Waals surface area contributed by atoms with Crippen molar-refractivity contribution in [1.29, 1.82) is 0 Å². The molecule has 2 rings (SSSR count). The maximum Gasteiger partial charge on any atom is 0.243 e. The molecule has 0 atom stereocenters. The number of benzene rings is 2. The Labute approximate surface area is 145 Å². The quantitative estimate of drug-likeness (QED) is 0.787. The van der Waals surface area contributed by atoms with Crippen molar-refractivity contribution in [3.63, 3.8) is 0 Å². The molecule has 0 unspecified atom stereocenters. The predicted molar refractivity (Wildman–Crippen MR) is 94.2 cm³/mol. The largest absolute Gasteiger partial charge is 0.492 e. The Hall–Kier alpha value is -2.61. The van der Waals surface area contributed by atoms with Crippen molar-refractivity contribution in [3.05, 3.63) is 48.3 Å². The molecule has 1 amide bonds. The van der Waals surface area contributed by atoms with Crippen LogP contribution in [0.15, 0.2) is 47.4 Å². The molecule has 0 saturated heterocycles. The monoisotopic (exact) mass is 366 g/mol. The predicted octanol–water partition coefficient (Wildman–Crippen LogP) is 2.68. The first-order valence-corrected chi connectivity index (χ1v) is 9.45. The van der Waals surface area contributed by atoms with E-state index in [1.54, 1.807) is 24.3 Å². The molecule has 0 bridgehead atoms. The van der Waals surface area contributed by atoms with Crippen LogP contribution in [0.5, 0.6) is 5.75 Å². The molecule has 8 heteroatoms. The third kappa shape index (κ3) is 5.18. The van der Waals surface area contributed by atoms with E-state index in [9.17, 15) is 17.6 Å². The van der Waals surface area contributed by atoms with Gasteiger partial charge in [-0.1, -0.05) is 12.1 Å². The SMILES string of the molecule is CCOc1ccccc1NC(=O)CNc1ccc(F)cc1S(C)(=O)=O. The van der Waals surface area contributed by atoms with Crippen molar-refractivity contribution in [1.82, 2.24) is 0 Å². The van der Waals surface area contributed by atoms with Gasteiger partial charge in [0, 0.05) is 6.26 Å². The van der Waals surface area contributed by atoms with E-state index >= 15 is 0 Å². The number of sulfone groups is 1. The van der Waals surface area contributed by atoms with E-state index in [1.807, 2.05) is 6.92 Å². The summed E-state index contributed by atoms with van der Waals surface area (Å²) in [7, 11) is -3.63. The van der Waals surface area contributed by atoms with Crippen molar-refractivity contribution in [2.24, 2.45) is 0 Å². The van der Waals surface area contributed by atoms with Gasteiger partial charge in [0.25, 0.3) is 0 Å². The molecule has 134 valence electrons. The minimum Gasteiger partial charge on any atom is -0.492 e. The van der Waals surface area contributed by atoms with Crippen molar-refractivity contribution in [3.8, 4) is 5.75 Å². The van der Waals surface area contributed by atoms with Crippen molar-refractivity contribution in [2.45, 2.75) is 11.8 Å². The first-order valence-electron chi connectivity index (χ1n) is 7.56. The van der Waals surface area contributed by atoms with Crippen LogP contribution in [0.3, 0.4) is 0 Å². The molecular weight excluding hydrogens is 347 g/mol. The van der Waals surface area contributed by atoms with Gasteiger partial charge in [0.15, 0.2) is 9.84 Å². The number of halogens is 1. The van der Waals surface area contributed by atoms with Gasteiger partial charge in [-0.05, 0) is 37.3 Å². The van der Waals surface area contributed by atoms with Crippen LogP contribution in [-0.4, -0.2) is 33.7 Å². The lowest BCUT2D eigenvalue weighted by Crippen LogP contribution is -2.23. The van der Waals surface area contributed by atoms with Gasteiger partial charge >= 0.3 is 0 Å². The minimum atomic E-state index is -3.63. The molecule has 2 N–H and O–H groups in total. The molecule has 0 aliphatic carbocycles. The average Bonchev–Trinajstić information content (AvgIpc) is 2.55. The molecule has 0 aliphatic rings. The van der Waals surface area contributed by atoms with E-state index in [0.717, 1.165) is 18.4 Å². The number of rotatable bonds is 7. The average molecular weight is 366 g/mol. The third-order valence-corrected chi connectivity index (χ3v) is 4.38. The Kier molecular flexibility index (Phi) is 5.97. The van der Waals surface area contributed by atoms with Crippen LogP contribution in [0.25, 0.3) is 0 Å². The number of para-hydroxylation sites is 2. The topological polar surface area (TPSA) is 84.5 Å². The molecule has 6 nitrogen and oxygen atoms in total. The molecule has 0 fully saturated rings. The van der Waals surface area contributed by atoms with Crippen LogP contribution in [0.4, 0.5) is 15.8 Å². The van der Waals surface area contributed by atoms with E-state index < -0.39 is 21.6 Å². The Morgan fingerprint density at radius 3 is 2.56 bits per heavy atom. The second kappa shape index (κ2) is 7.98. The maximum atomic E-state index is 13.3. The third-order valence-electron chi connectivity index (χ3n) is 3.24. The fraction of sp³-hybridized carbons (Fsp3) is 0.235. The molecule has 25 heavy (non-hydrogen) atoms. The van der Waals surface area contributed by atoms with Gasteiger partial charge in [-0.2, -0.15) is 0 Å². The van der Waals surface area contributed by atoms with Crippen molar-refractivity contribution in [2.75, 3.05) is 30.0 Å². The maximum absolute atomic E-state index is 13.3. The first-order chi connectivity index (χ1) is 11.8. The highest BCUT2D eigenvalue weighted by atomic mass is 32.2. The smallest absolute Gasteiger partial charge is 0.243 e. The molecule has 0 spiro atoms. The van der Waals surface area contributed by atoms with Gasteiger partial charge in [0.2, 0.25) is 5.91 Å². The zero-order valence-electron chi connectivity index (χ0n) is 13.9. The summed E-state index contributed by atoms with van der Waals surface area (Å²) < 4.78 is 42.2. The number of carbonyl (C=O) groups is 1. The number of hydrogen-bond donors (Lipinski definition) is 2. The summed E-state index contributed by atoms with van der Waals surface area (Å²) in [4.78, 5) is 11.9. The Morgan fingerprint density at radius 2 is 1.88 bits per heavy atom. The van der Waals surface area contributed by atoms with Crippen LogP contribution in [0, 0.1) is 5.82 Å². The van der Waals surface area contributed by atoms with Gasteiger partial charge in [-0.3, -0.25) is 4.79 Å². The fourth-order valence-corrected chi connectivity index (χ4v) is 3.04. The van der Waals surface area contributed by atoms with Gasteiger partial charge in [0.1, 0.15) is 11.6 Å².